The third kappa shape index (κ3) is 4.06. The van der Waals surface area contributed by atoms with Gasteiger partial charge in [0.1, 0.15) is 0 Å². The first-order valence-electron chi connectivity index (χ1n) is 10.8. The second-order valence-electron chi connectivity index (χ2n) is 9.52. The molecule has 11 heteroatoms. The lowest BCUT2D eigenvalue weighted by Gasteiger charge is -2.35. The highest BCUT2D eigenvalue weighted by Crippen LogP contribution is 2.53. The van der Waals surface area contributed by atoms with Gasteiger partial charge in [-0.3, -0.25) is 19.3 Å². The van der Waals surface area contributed by atoms with Gasteiger partial charge in [0.25, 0.3) is 11.8 Å². The maximum absolute atomic E-state index is 14.8. The van der Waals surface area contributed by atoms with Crippen molar-refractivity contribution in [3.63, 3.8) is 0 Å². The van der Waals surface area contributed by atoms with Crippen LogP contribution in [0.5, 0.6) is 0 Å². The van der Waals surface area contributed by atoms with Crippen molar-refractivity contribution in [1.29, 1.82) is 0 Å². The van der Waals surface area contributed by atoms with Gasteiger partial charge in [0, 0.05) is 23.4 Å². The number of carbonyl (C=O) groups excluding carboxylic acids is 3. The number of hydrogen-bond acceptors (Lipinski definition) is 3. The number of allylic oxidation sites excluding steroid dienone is 1. The number of ketones is 1. The van der Waals surface area contributed by atoms with E-state index < -0.39 is 52.0 Å². The smallest absolute Gasteiger partial charge is 0.326 e. The van der Waals surface area contributed by atoms with E-state index in [1.165, 1.54) is 30.3 Å². The van der Waals surface area contributed by atoms with Gasteiger partial charge < -0.3 is 5.32 Å². The van der Waals surface area contributed by atoms with Gasteiger partial charge >= 0.3 is 12.4 Å². The van der Waals surface area contributed by atoms with Crippen LogP contribution < -0.4 is 10.2 Å². The fourth-order valence-corrected chi connectivity index (χ4v) is 4.66. The largest absolute Gasteiger partial charge is 0.425 e. The first kappa shape index (κ1) is 25.5. The zero-order valence-electron chi connectivity index (χ0n) is 19.1. The van der Waals surface area contributed by atoms with Crippen molar-refractivity contribution in [2.45, 2.75) is 44.6 Å². The molecule has 2 aliphatic rings. The van der Waals surface area contributed by atoms with Crippen LogP contribution in [0.2, 0.25) is 0 Å². The summed E-state index contributed by atoms with van der Waals surface area (Å²) in [6.45, 7) is 3.25. The predicted molar refractivity (Wildman–Crippen MR) is 117 cm³/mol. The molecule has 2 aromatic carbocycles. The average Bonchev–Trinajstić information content (AvgIpc) is 3.01. The molecule has 1 atom stereocenters. The molecule has 0 bridgehead atoms. The number of nitrogens with zero attached hydrogens (tertiary/aromatic N) is 1. The van der Waals surface area contributed by atoms with Crippen molar-refractivity contribution >= 4 is 23.3 Å². The van der Waals surface area contributed by atoms with Gasteiger partial charge in [-0.05, 0) is 48.2 Å². The Balaban J connectivity index is 1.92. The molecule has 2 amide bonds. The highest BCUT2D eigenvalue weighted by Gasteiger charge is 2.72. The molecule has 1 N–H and O–H groups in total. The van der Waals surface area contributed by atoms with Crippen LogP contribution in [-0.4, -0.2) is 29.3 Å². The molecule has 5 nitrogen and oxygen atoms in total. The molecule has 4 rings (SSSR count). The lowest BCUT2D eigenvalue weighted by molar-refractivity contribution is -0.186. The standard InChI is InChI=1S/C25H20F6N2O3/c1-22(2)12-17-19(18(34)13-22)23(25(29,30)31,32-20(35)14-6-4-3-5-7-14)21(36)33(17)16-10-8-15(9-11-16)24(26,27)28/h3-11H,12-13H2,1-2H3,(H,32,35)/t23-/m1/s1. The second kappa shape index (κ2) is 8.21. The van der Waals surface area contributed by atoms with Crippen LogP contribution in [0.15, 0.2) is 65.9 Å². The van der Waals surface area contributed by atoms with E-state index >= 15 is 0 Å². The highest BCUT2D eigenvalue weighted by molar-refractivity contribution is 6.21. The summed E-state index contributed by atoms with van der Waals surface area (Å²) >= 11 is 0. The van der Waals surface area contributed by atoms with Gasteiger partial charge in [-0.1, -0.05) is 32.0 Å². The quantitative estimate of drug-likeness (QED) is 0.561. The van der Waals surface area contributed by atoms with E-state index in [0.29, 0.717) is 17.0 Å². The van der Waals surface area contributed by atoms with E-state index in [1.54, 1.807) is 19.2 Å². The molecule has 0 aromatic heterocycles. The van der Waals surface area contributed by atoms with Crippen molar-refractivity contribution in [3.8, 4) is 0 Å². The summed E-state index contributed by atoms with van der Waals surface area (Å²) in [4.78, 5) is 40.2. The number of amides is 2. The molecule has 0 unspecified atom stereocenters. The highest BCUT2D eigenvalue weighted by atomic mass is 19.4. The Kier molecular flexibility index (Phi) is 5.81. The number of halogens is 6. The third-order valence-electron chi connectivity index (χ3n) is 6.24. The van der Waals surface area contributed by atoms with Crippen molar-refractivity contribution in [3.05, 3.63) is 77.0 Å². The Hall–Kier alpha value is -3.63. The number of hydrogen-bond donors (Lipinski definition) is 1. The van der Waals surface area contributed by atoms with E-state index in [-0.39, 0.29) is 29.8 Å². The molecule has 0 radical (unpaired) electrons. The lowest BCUT2D eigenvalue weighted by Crippen LogP contribution is -2.66. The minimum atomic E-state index is -5.44. The third-order valence-corrected chi connectivity index (χ3v) is 6.24. The van der Waals surface area contributed by atoms with Crippen molar-refractivity contribution in [2.24, 2.45) is 5.41 Å². The number of Topliss-reactive ketones (excluding diaryl/α,β-unsaturated/α-hetero) is 1. The van der Waals surface area contributed by atoms with Crippen molar-refractivity contribution in [2.75, 3.05) is 4.90 Å². The molecular weight excluding hydrogens is 490 g/mol. The van der Waals surface area contributed by atoms with E-state index in [2.05, 4.69) is 0 Å². The summed E-state index contributed by atoms with van der Waals surface area (Å²) in [6.07, 6.45) is -10.6. The molecule has 1 heterocycles. The number of benzene rings is 2. The molecule has 0 saturated carbocycles. The van der Waals surface area contributed by atoms with Crippen LogP contribution in [0, 0.1) is 5.41 Å². The Bertz CT molecular complexity index is 1260. The van der Waals surface area contributed by atoms with Crippen LogP contribution in [0.25, 0.3) is 0 Å². The number of nitrogens with one attached hydrogen (secondary N) is 1. The van der Waals surface area contributed by atoms with Gasteiger partial charge in [0.2, 0.25) is 5.54 Å². The Labute approximate surface area is 201 Å². The monoisotopic (exact) mass is 510 g/mol. The number of alkyl halides is 6. The molecule has 0 spiro atoms. The number of anilines is 1. The van der Waals surface area contributed by atoms with Crippen LogP contribution >= 0.6 is 0 Å². The van der Waals surface area contributed by atoms with Gasteiger partial charge in [-0.15, -0.1) is 0 Å². The lowest BCUT2D eigenvalue weighted by atomic mass is 9.72. The maximum atomic E-state index is 14.8. The minimum absolute atomic E-state index is 0.153. The van der Waals surface area contributed by atoms with Gasteiger partial charge in [0.05, 0.1) is 11.1 Å². The SMILES string of the molecule is CC1(C)CC(=O)C2=C(C1)N(c1ccc(C(F)(F)F)cc1)C(=O)[C@@]2(NC(=O)c1ccccc1)C(F)(F)F. The fraction of sp³-hybridized carbons (Fsp3) is 0.320. The van der Waals surface area contributed by atoms with Crippen LogP contribution in [0.1, 0.15) is 42.6 Å². The Morgan fingerprint density at radius 3 is 2.00 bits per heavy atom. The van der Waals surface area contributed by atoms with E-state index in [9.17, 15) is 40.7 Å². The zero-order valence-corrected chi connectivity index (χ0v) is 19.1. The van der Waals surface area contributed by atoms with E-state index in [4.69, 9.17) is 0 Å². The van der Waals surface area contributed by atoms with Crippen molar-refractivity contribution in [1.82, 2.24) is 5.32 Å². The Morgan fingerprint density at radius 2 is 1.47 bits per heavy atom. The molecular formula is C25H20F6N2O3. The van der Waals surface area contributed by atoms with Gasteiger partial charge in [-0.2, -0.15) is 26.3 Å². The van der Waals surface area contributed by atoms with Gasteiger partial charge in [0.15, 0.2) is 5.78 Å². The molecule has 190 valence electrons. The maximum Gasteiger partial charge on any atom is 0.425 e. The molecule has 0 fully saturated rings. The average molecular weight is 510 g/mol. The topological polar surface area (TPSA) is 66.5 Å². The summed E-state index contributed by atoms with van der Waals surface area (Å²) in [5.41, 5.74) is -7.28. The second-order valence-corrected chi connectivity index (χ2v) is 9.52. The van der Waals surface area contributed by atoms with Crippen LogP contribution in [0.3, 0.4) is 0 Å². The number of rotatable bonds is 3. The molecule has 1 aliphatic heterocycles. The first-order chi connectivity index (χ1) is 16.6. The van der Waals surface area contributed by atoms with Crippen LogP contribution in [-0.2, 0) is 15.8 Å². The summed E-state index contributed by atoms with van der Waals surface area (Å²) in [5.74, 6) is -3.90. The molecule has 36 heavy (non-hydrogen) atoms. The number of carbonyl (C=O) groups is 3. The summed E-state index contributed by atoms with van der Waals surface area (Å²) < 4.78 is 83.5. The normalized spacial score (nSPS) is 22.1. The zero-order chi connectivity index (χ0) is 26.7. The molecule has 1 aliphatic carbocycles. The summed E-state index contributed by atoms with van der Waals surface area (Å²) in [7, 11) is 0. The molecule has 0 saturated heterocycles. The van der Waals surface area contributed by atoms with E-state index in [0.717, 1.165) is 12.1 Å². The minimum Gasteiger partial charge on any atom is -0.326 e. The predicted octanol–water partition coefficient (Wildman–Crippen LogP) is 5.43. The van der Waals surface area contributed by atoms with Crippen molar-refractivity contribution < 1.29 is 40.7 Å². The summed E-state index contributed by atoms with van der Waals surface area (Å²) in [5, 5.41) is 1.78. The van der Waals surface area contributed by atoms with Crippen LogP contribution in [0.4, 0.5) is 32.0 Å². The Morgan fingerprint density at radius 1 is 0.889 bits per heavy atom. The summed E-state index contributed by atoms with van der Waals surface area (Å²) in [6, 6.07) is 9.85. The van der Waals surface area contributed by atoms with Gasteiger partial charge in [-0.25, -0.2) is 0 Å². The molecule has 2 aromatic rings. The fourth-order valence-electron chi connectivity index (χ4n) is 4.66. The van der Waals surface area contributed by atoms with E-state index in [1.807, 2.05) is 0 Å². The first-order valence-corrected chi connectivity index (χ1v) is 10.8.